The molecule has 1 aliphatic rings. The lowest BCUT2D eigenvalue weighted by Gasteiger charge is -2.23. The molecular weight excluding hydrogens is 224 g/mol. The van der Waals surface area contributed by atoms with Gasteiger partial charge in [-0.25, -0.2) is 0 Å². The van der Waals surface area contributed by atoms with Gasteiger partial charge in [-0.15, -0.1) is 0 Å². The number of unbranched alkanes of at least 4 members (excludes halogenated alkanes) is 5. The zero-order valence-electron chi connectivity index (χ0n) is 11.5. The minimum atomic E-state index is -0.411. The van der Waals surface area contributed by atoms with Gasteiger partial charge in [0.05, 0.1) is 6.10 Å². The Morgan fingerprint density at radius 3 is 2.89 bits per heavy atom. The van der Waals surface area contributed by atoms with Crippen LogP contribution in [0.1, 0.15) is 51.9 Å². The molecule has 2 nitrogen and oxygen atoms in total. The van der Waals surface area contributed by atoms with Crippen LogP contribution in [0.25, 0.3) is 0 Å². The smallest absolute Gasteiger partial charge is 0.120 e. The normalized spacial score (nSPS) is 23.8. The first-order valence-electron chi connectivity index (χ1n) is 7.12. The molecule has 0 amide bonds. The lowest BCUT2D eigenvalue weighted by atomic mass is 10.1. The highest BCUT2D eigenvalue weighted by Gasteiger charge is 2.18. The maximum absolute atomic E-state index is 9.64. The first-order valence-corrected chi connectivity index (χ1v) is 7.12. The van der Waals surface area contributed by atoms with E-state index in [1.807, 2.05) is 0 Å². The van der Waals surface area contributed by atoms with E-state index in [-0.39, 0.29) is 6.10 Å². The van der Waals surface area contributed by atoms with Crippen molar-refractivity contribution in [2.45, 2.75) is 64.1 Å². The SMILES string of the molecule is C=CC1=C[C@@H](O)C[C@@H](/C=C/CCCCCCC)O1. The molecule has 0 fully saturated rings. The largest absolute Gasteiger partial charge is 0.487 e. The van der Waals surface area contributed by atoms with Gasteiger partial charge in [-0.1, -0.05) is 45.3 Å². The van der Waals surface area contributed by atoms with Crippen LogP contribution in [0.4, 0.5) is 0 Å². The van der Waals surface area contributed by atoms with Gasteiger partial charge in [0.2, 0.25) is 0 Å². The molecule has 0 aliphatic carbocycles. The number of rotatable bonds is 8. The van der Waals surface area contributed by atoms with Gasteiger partial charge in [-0.2, -0.15) is 0 Å². The van der Waals surface area contributed by atoms with E-state index in [9.17, 15) is 5.11 Å². The first-order chi connectivity index (χ1) is 8.76. The summed E-state index contributed by atoms with van der Waals surface area (Å²) in [5, 5.41) is 9.64. The van der Waals surface area contributed by atoms with E-state index in [1.54, 1.807) is 12.2 Å². The van der Waals surface area contributed by atoms with Crippen molar-refractivity contribution in [2.24, 2.45) is 0 Å². The molecule has 0 spiro atoms. The summed E-state index contributed by atoms with van der Waals surface area (Å²) in [5.41, 5.74) is 0. The Morgan fingerprint density at radius 1 is 1.39 bits per heavy atom. The van der Waals surface area contributed by atoms with Crippen LogP contribution in [0, 0.1) is 0 Å². The fourth-order valence-corrected chi connectivity index (χ4v) is 2.11. The van der Waals surface area contributed by atoms with E-state index >= 15 is 0 Å². The Balaban J connectivity index is 2.18. The van der Waals surface area contributed by atoms with E-state index < -0.39 is 6.10 Å². The van der Waals surface area contributed by atoms with Crippen molar-refractivity contribution in [1.82, 2.24) is 0 Å². The van der Waals surface area contributed by atoms with Gasteiger partial charge in [-0.3, -0.25) is 0 Å². The van der Waals surface area contributed by atoms with Crippen LogP contribution >= 0.6 is 0 Å². The van der Waals surface area contributed by atoms with Crippen molar-refractivity contribution in [2.75, 3.05) is 0 Å². The molecule has 0 aromatic carbocycles. The molecule has 1 heterocycles. The summed E-state index contributed by atoms with van der Waals surface area (Å²) in [7, 11) is 0. The maximum Gasteiger partial charge on any atom is 0.120 e. The fraction of sp³-hybridized carbons (Fsp3) is 0.625. The second-order valence-corrected chi connectivity index (χ2v) is 4.86. The molecule has 0 saturated heterocycles. The molecule has 102 valence electrons. The second kappa shape index (κ2) is 8.98. The number of allylic oxidation sites excluding steroid dienone is 2. The highest BCUT2D eigenvalue weighted by Crippen LogP contribution is 2.19. The van der Waals surface area contributed by atoms with Crippen molar-refractivity contribution in [1.29, 1.82) is 0 Å². The fourth-order valence-electron chi connectivity index (χ4n) is 2.11. The van der Waals surface area contributed by atoms with E-state index in [4.69, 9.17) is 4.74 Å². The molecule has 0 aromatic rings. The Hall–Kier alpha value is -1.02. The van der Waals surface area contributed by atoms with E-state index in [2.05, 4.69) is 25.7 Å². The summed E-state index contributed by atoms with van der Waals surface area (Å²) >= 11 is 0. The van der Waals surface area contributed by atoms with Crippen LogP contribution in [0.3, 0.4) is 0 Å². The van der Waals surface area contributed by atoms with Crippen LogP contribution in [-0.2, 0) is 4.74 Å². The predicted octanol–water partition coefficient (Wildman–Crippen LogP) is 4.12. The predicted molar refractivity (Wildman–Crippen MR) is 76.3 cm³/mol. The average Bonchev–Trinajstić information content (AvgIpc) is 2.37. The molecule has 1 aliphatic heterocycles. The third-order valence-electron chi connectivity index (χ3n) is 3.14. The van der Waals surface area contributed by atoms with Gasteiger partial charge in [0, 0.05) is 6.42 Å². The number of ether oxygens (including phenoxy) is 1. The van der Waals surface area contributed by atoms with Gasteiger partial charge >= 0.3 is 0 Å². The van der Waals surface area contributed by atoms with Crippen LogP contribution in [0.5, 0.6) is 0 Å². The summed E-state index contributed by atoms with van der Waals surface area (Å²) in [5.74, 6) is 0.686. The Morgan fingerprint density at radius 2 is 2.17 bits per heavy atom. The molecule has 0 aromatic heterocycles. The van der Waals surface area contributed by atoms with Crippen molar-refractivity contribution >= 4 is 0 Å². The second-order valence-electron chi connectivity index (χ2n) is 4.86. The van der Waals surface area contributed by atoms with Crippen molar-refractivity contribution in [3.8, 4) is 0 Å². The van der Waals surface area contributed by atoms with Gasteiger partial charge in [-0.05, 0) is 31.1 Å². The topological polar surface area (TPSA) is 29.5 Å². The van der Waals surface area contributed by atoms with Gasteiger partial charge in [0.25, 0.3) is 0 Å². The van der Waals surface area contributed by atoms with Gasteiger partial charge in [0.1, 0.15) is 11.9 Å². The summed E-state index contributed by atoms with van der Waals surface area (Å²) in [6.07, 6.45) is 15.5. The Kier molecular flexibility index (Phi) is 7.51. The summed E-state index contributed by atoms with van der Waals surface area (Å²) < 4.78 is 5.65. The minimum Gasteiger partial charge on any atom is -0.487 e. The molecule has 0 saturated carbocycles. The molecule has 18 heavy (non-hydrogen) atoms. The molecule has 2 heteroatoms. The Labute approximate surface area is 111 Å². The van der Waals surface area contributed by atoms with Crippen LogP contribution in [0.15, 0.2) is 36.6 Å². The standard InChI is InChI=1S/C16H26O2/c1-3-5-6-7-8-9-10-11-16-13-14(17)12-15(4-2)18-16/h4,10-12,14,16-17H,2-3,5-9,13H2,1H3/b11-10+/t14-,16-/m1/s1. The van der Waals surface area contributed by atoms with Gasteiger partial charge < -0.3 is 9.84 Å². The molecule has 1 rings (SSSR count). The van der Waals surface area contributed by atoms with E-state index in [0.29, 0.717) is 12.2 Å². The van der Waals surface area contributed by atoms with Crippen molar-refractivity contribution < 1.29 is 9.84 Å². The highest BCUT2D eigenvalue weighted by atomic mass is 16.5. The van der Waals surface area contributed by atoms with Crippen molar-refractivity contribution in [3.63, 3.8) is 0 Å². The average molecular weight is 250 g/mol. The third-order valence-corrected chi connectivity index (χ3v) is 3.14. The monoisotopic (exact) mass is 250 g/mol. The Bertz CT molecular complexity index is 291. The van der Waals surface area contributed by atoms with Crippen LogP contribution in [-0.4, -0.2) is 17.3 Å². The lowest BCUT2D eigenvalue weighted by Crippen LogP contribution is -2.22. The molecule has 0 radical (unpaired) electrons. The molecule has 1 N–H and O–H groups in total. The van der Waals surface area contributed by atoms with Crippen molar-refractivity contribution in [3.05, 3.63) is 36.6 Å². The molecule has 2 atom stereocenters. The quantitative estimate of drug-likeness (QED) is 0.518. The molecule has 0 unspecified atom stereocenters. The van der Waals surface area contributed by atoms with E-state index in [1.165, 1.54) is 32.1 Å². The summed E-state index contributed by atoms with van der Waals surface area (Å²) in [6.45, 7) is 5.90. The third kappa shape index (κ3) is 6.06. The van der Waals surface area contributed by atoms with E-state index in [0.717, 1.165) is 6.42 Å². The summed E-state index contributed by atoms with van der Waals surface area (Å²) in [4.78, 5) is 0. The maximum atomic E-state index is 9.64. The highest BCUT2D eigenvalue weighted by molar-refractivity contribution is 5.15. The first kappa shape index (κ1) is 15.0. The number of aliphatic hydroxyl groups is 1. The number of hydrogen-bond acceptors (Lipinski definition) is 2. The van der Waals surface area contributed by atoms with Crippen LogP contribution < -0.4 is 0 Å². The van der Waals surface area contributed by atoms with Gasteiger partial charge in [0.15, 0.2) is 0 Å². The number of hydrogen-bond donors (Lipinski definition) is 1. The minimum absolute atomic E-state index is 0.00589. The molecule has 0 bridgehead atoms. The lowest BCUT2D eigenvalue weighted by molar-refractivity contribution is 0.0785. The summed E-state index contributed by atoms with van der Waals surface area (Å²) in [6, 6.07) is 0. The molecular formula is C16H26O2. The van der Waals surface area contributed by atoms with Crippen LogP contribution in [0.2, 0.25) is 0 Å². The zero-order valence-corrected chi connectivity index (χ0v) is 11.5. The zero-order chi connectivity index (χ0) is 13.2. The number of aliphatic hydroxyl groups excluding tert-OH is 1.